The highest BCUT2D eigenvalue weighted by atomic mass is 32.1. The number of alkyl halides is 2. The van der Waals surface area contributed by atoms with Crippen molar-refractivity contribution in [2.24, 2.45) is 21.9 Å². The maximum atomic E-state index is 12.3. The van der Waals surface area contributed by atoms with E-state index >= 15 is 0 Å². The van der Waals surface area contributed by atoms with Gasteiger partial charge in [0.1, 0.15) is 0 Å². The number of carbonyl (C=O) groups excluding carboxylic acids is 1. The lowest BCUT2D eigenvalue weighted by Gasteiger charge is -2.28. The highest BCUT2D eigenvalue weighted by molar-refractivity contribution is 7.13. The van der Waals surface area contributed by atoms with Crippen molar-refractivity contribution in [3.8, 4) is 5.19 Å². The van der Waals surface area contributed by atoms with Gasteiger partial charge in [-0.1, -0.05) is 11.3 Å². The van der Waals surface area contributed by atoms with Crippen molar-refractivity contribution in [1.29, 1.82) is 5.41 Å². The third kappa shape index (κ3) is 8.50. The van der Waals surface area contributed by atoms with Crippen molar-refractivity contribution in [2.45, 2.75) is 57.8 Å². The molecule has 0 bridgehead atoms. The van der Waals surface area contributed by atoms with Gasteiger partial charge in [-0.05, 0) is 56.9 Å². The summed E-state index contributed by atoms with van der Waals surface area (Å²) < 4.78 is 29.8. The molecule has 1 aliphatic carbocycles. The Kier molecular flexibility index (Phi) is 10.5. The van der Waals surface area contributed by atoms with Gasteiger partial charge in [0.05, 0.1) is 17.8 Å². The number of ether oxygens (including phenoxy) is 1. The number of aliphatic imine (C=N–C) groups is 1. The van der Waals surface area contributed by atoms with E-state index in [1.54, 1.807) is 13.3 Å². The van der Waals surface area contributed by atoms with Crippen molar-refractivity contribution in [3.05, 3.63) is 10.6 Å². The van der Waals surface area contributed by atoms with E-state index in [0.29, 0.717) is 22.7 Å². The first-order valence-electron chi connectivity index (χ1n) is 11.9. The summed E-state index contributed by atoms with van der Waals surface area (Å²) in [4.78, 5) is 24.1. The molecule has 34 heavy (non-hydrogen) atoms. The molecule has 188 valence electrons. The number of hydrogen-bond donors (Lipinski definition) is 2. The molecule has 2 aliphatic rings. The Morgan fingerprint density at radius 3 is 2.79 bits per heavy atom. The van der Waals surface area contributed by atoms with E-state index in [9.17, 15) is 13.6 Å². The highest BCUT2D eigenvalue weighted by Gasteiger charge is 2.23. The van der Waals surface area contributed by atoms with Crippen molar-refractivity contribution >= 4 is 35.4 Å². The van der Waals surface area contributed by atoms with E-state index in [1.165, 1.54) is 11.3 Å². The highest BCUT2D eigenvalue weighted by Crippen LogP contribution is 2.31. The number of amides is 1. The Morgan fingerprint density at radius 2 is 2.09 bits per heavy atom. The summed E-state index contributed by atoms with van der Waals surface area (Å²) in [5.74, 6) is 0.764. The third-order valence-electron chi connectivity index (χ3n) is 6.34. The standard InChI is InChI=1S/C23H34F2N6O2S/c1-27-30-18(13-26)12-22(32)28-14-17-4-2-16(3-5-17)6-9-31-10-7-19-20(8-11-31)34-23(29-19)33-15-21(24)25/h13-14,16-17,21,26-27H,2-12,15H2,1H3/b26-13?,28-14?,30-18-. The Labute approximate surface area is 203 Å². The van der Waals surface area contributed by atoms with Crippen LogP contribution in [0.5, 0.6) is 5.19 Å². The lowest BCUT2D eigenvalue weighted by Crippen LogP contribution is -2.29. The van der Waals surface area contributed by atoms with Crippen LogP contribution < -0.4 is 10.2 Å². The van der Waals surface area contributed by atoms with Gasteiger partial charge in [0.15, 0.2) is 6.61 Å². The van der Waals surface area contributed by atoms with Crippen molar-refractivity contribution in [1.82, 2.24) is 15.3 Å². The topological polar surface area (TPSA) is 103 Å². The SMILES string of the molecule is CN/N=C(\C=N)CC(=O)N=CC1CCC(CCN2CCc3nc(OCC(F)F)sc3CC2)CC1. The number of rotatable bonds is 11. The zero-order valence-corrected chi connectivity index (χ0v) is 20.5. The quantitative estimate of drug-likeness (QED) is 0.360. The smallest absolute Gasteiger partial charge is 0.273 e. The number of nitrogens with zero attached hydrogens (tertiary/aromatic N) is 4. The molecule has 11 heteroatoms. The van der Waals surface area contributed by atoms with E-state index in [2.05, 4.69) is 25.4 Å². The molecule has 1 aromatic rings. The number of fused-ring (bicyclic) bond motifs is 1. The molecule has 3 rings (SSSR count). The molecule has 1 saturated carbocycles. The predicted octanol–water partition coefficient (Wildman–Crippen LogP) is 3.60. The van der Waals surface area contributed by atoms with Crippen molar-refractivity contribution in [2.75, 3.05) is 33.3 Å². The summed E-state index contributed by atoms with van der Waals surface area (Å²) in [5.41, 5.74) is 3.95. The average Bonchev–Trinajstić information content (AvgIpc) is 3.13. The monoisotopic (exact) mass is 496 g/mol. The Hall–Kier alpha value is -2.27. The number of aromatic nitrogens is 1. The third-order valence-corrected chi connectivity index (χ3v) is 7.41. The van der Waals surface area contributed by atoms with Crippen LogP contribution in [0.1, 0.15) is 49.1 Å². The molecule has 0 unspecified atom stereocenters. The molecule has 1 fully saturated rings. The number of halogens is 2. The number of nitrogens with one attached hydrogen (secondary N) is 2. The summed E-state index contributed by atoms with van der Waals surface area (Å²) >= 11 is 1.40. The fourth-order valence-electron chi connectivity index (χ4n) is 4.45. The van der Waals surface area contributed by atoms with E-state index < -0.39 is 13.0 Å². The van der Waals surface area contributed by atoms with Gasteiger partial charge < -0.3 is 20.5 Å². The second-order valence-electron chi connectivity index (χ2n) is 8.78. The van der Waals surface area contributed by atoms with E-state index in [0.717, 1.165) is 81.4 Å². The van der Waals surface area contributed by atoms with Gasteiger partial charge in [0.25, 0.3) is 17.5 Å². The Bertz CT molecular complexity index is 842. The van der Waals surface area contributed by atoms with Crippen molar-refractivity contribution in [3.63, 3.8) is 0 Å². The number of thiazole rings is 1. The maximum Gasteiger partial charge on any atom is 0.273 e. The Balaban J connectivity index is 1.34. The molecule has 0 atom stereocenters. The van der Waals surface area contributed by atoms with E-state index in [4.69, 9.17) is 10.1 Å². The fourth-order valence-corrected chi connectivity index (χ4v) is 5.40. The number of carbonyl (C=O) groups is 1. The fraction of sp³-hybridized carbons (Fsp3) is 0.696. The van der Waals surface area contributed by atoms with Gasteiger partial charge in [-0.15, -0.1) is 0 Å². The zero-order valence-electron chi connectivity index (χ0n) is 19.6. The van der Waals surface area contributed by atoms with Gasteiger partial charge in [-0.2, -0.15) is 5.10 Å². The zero-order chi connectivity index (χ0) is 24.3. The van der Waals surface area contributed by atoms with Crippen LogP contribution in [0.2, 0.25) is 0 Å². The van der Waals surface area contributed by atoms with Gasteiger partial charge in [0.2, 0.25) is 0 Å². The molecule has 1 aromatic heterocycles. The molecule has 2 N–H and O–H groups in total. The Morgan fingerprint density at radius 1 is 1.32 bits per heavy atom. The first-order chi connectivity index (χ1) is 16.5. The summed E-state index contributed by atoms with van der Waals surface area (Å²) in [6.07, 6.45) is 7.69. The minimum absolute atomic E-state index is 0.0398. The predicted molar refractivity (Wildman–Crippen MR) is 131 cm³/mol. The second-order valence-corrected chi connectivity index (χ2v) is 9.83. The molecule has 0 saturated heterocycles. The van der Waals surface area contributed by atoms with E-state index in [-0.39, 0.29) is 12.3 Å². The molecular weight excluding hydrogens is 462 g/mol. The van der Waals surface area contributed by atoms with Crippen LogP contribution in [-0.2, 0) is 17.6 Å². The molecule has 8 nitrogen and oxygen atoms in total. The van der Waals surface area contributed by atoms with E-state index in [1.807, 2.05) is 0 Å². The van der Waals surface area contributed by atoms with Crippen LogP contribution in [0.3, 0.4) is 0 Å². The molecule has 0 aromatic carbocycles. The summed E-state index contributed by atoms with van der Waals surface area (Å²) in [6, 6.07) is 0. The summed E-state index contributed by atoms with van der Waals surface area (Å²) in [6.45, 7) is 2.36. The van der Waals surface area contributed by atoms with Crippen LogP contribution in [-0.4, -0.2) is 73.6 Å². The summed E-state index contributed by atoms with van der Waals surface area (Å²) in [7, 11) is 1.63. The molecule has 1 aliphatic heterocycles. The van der Waals surface area contributed by atoms with Gasteiger partial charge in [0, 0.05) is 43.9 Å². The first kappa shape index (κ1) is 26.3. The largest absolute Gasteiger partial charge is 0.464 e. The minimum Gasteiger partial charge on any atom is -0.464 e. The number of hydrogen-bond acceptors (Lipinski definition) is 8. The first-order valence-corrected chi connectivity index (χ1v) is 12.7. The summed E-state index contributed by atoms with van der Waals surface area (Å²) in [5, 5.41) is 11.5. The lowest BCUT2D eigenvalue weighted by atomic mass is 9.81. The minimum atomic E-state index is -2.48. The second kappa shape index (κ2) is 13.6. The molecular formula is C23H34F2N6O2S. The lowest BCUT2D eigenvalue weighted by molar-refractivity contribution is -0.116. The maximum absolute atomic E-state index is 12.3. The molecule has 1 amide bonds. The van der Waals surface area contributed by atoms with Crippen LogP contribution in [0, 0.1) is 17.2 Å². The van der Waals surface area contributed by atoms with Gasteiger partial charge in [-0.25, -0.2) is 18.8 Å². The molecule has 2 heterocycles. The average molecular weight is 497 g/mol. The van der Waals surface area contributed by atoms with Crippen LogP contribution >= 0.6 is 11.3 Å². The molecule has 0 radical (unpaired) electrons. The van der Waals surface area contributed by atoms with Gasteiger partial charge >= 0.3 is 0 Å². The normalized spacial score (nSPS) is 21.9. The number of hydrazone groups is 1. The van der Waals surface area contributed by atoms with Crippen LogP contribution in [0.25, 0.3) is 0 Å². The molecule has 0 spiro atoms. The van der Waals surface area contributed by atoms with Crippen LogP contribution in [0.15, 0.2) is 10.1 Å². The van der Waals surface area contributed by atoms with Crippen molar-refractivity contribution < 1.29 is 18.3 Å². The van der Waals surface area contributed by atoms with Gasteiger partial charge in [-0.3, -0.25) is 4.79 Å². The van der Waals surface area contributed by atoms with Crippen LogP contribution in [0.4, 0.5) is 8.78 Å².